The van der Waals surface area contributed by atoms with Gasteiger partial charge in [0, 0.05) is 5.54 Å². The molecule has 0 saturated heterocycles. The SMILES string of the molecule is CCC(C)(C)NC(=O)C(C)Sc1nnc(-c2ccoc2C)n1N. The Kier molecular flexibility index (Phi) is 5.03. The van der Waals surface area contributed by atoms with E-state index in [1.165, 1.54) is 16.4 Å². The molecule has 126 valence electrons. The van der Waals surface area contributed by atoms with Gasteiger partial charge in [0.05, 0.1) is 17.1 Å². The van der Waals surface area contributed by atoms with Crippen LogP contribution in [0.5, 0.6) is 0 Å². The smallest absolute Gasteiger partial charge is 0.233 e. The summed E-state index contributed by atoms with van der Waals surface area (Å²) < 4.78 is 6.65. The number of hydrogen-bond donors (Lipinski definition) is 2. The molecular formula is C15H23N5O2S. The molecule has 23 heavy (non-hydrogen) atoms. The summed E-state index contributed by atoms with van der Waals surface area (Å²) in [5, 5.41) is 11.4. The van der Waals surface area contributed by atoms with Crippen LogP contribution in [0.3, 0.4) is 0 Å². The molecule has 7 nitrogen and oxygen atoms in total. The number of thioether (sulfide) groups is 1. The van der Waals surface area contributed by atoms with Gasteiger partial charge in [-0.05, 0) is 40.2 Å². The van der Waals surface area contributed by atoms with Crippen molar-refractivity contribution in [1.82, 2.24) is 20.2 Å². The lowest BCUT2D eigenvalue weighted by molar-refractivity contribution is -0.121. The second kappa shape index (κ2) is 6.66. The number of nitrogens with one attached hydrogen (secondary N) is 1. The number of rotatable bonds is 6. The molecule has 1 atom stereocenters. The van der Waals surface area contributed by atoms with Crippen molar-refractivity contribution < 1.29 is 9.21 Å². The van der Waals surface area contributed by atoms with E-state index >= 15 is 0 Å². The van der Waals surface area contributed by atoms with Crippen molar-refractivity contribution in [2.24, 2.45) is 0 Å². The lowest BCUT2D eigenvalue weighted by Crippen LogP contribution is -2.46. The van der Waals surface area contributed by atoms with Gasteiger partial charge in [-0.1, -0.05) is 18.7 Å². The van der Waals surface area contributed by atoms with Crippen molar-refractivity contribution >= 4 is 17.7 Å². The number of nitrogen functional groups attached to an aromatic ring is 1. The average molecular weight is 337 g/mol. The summed E-state index contributed by atoms with van der Waals surface area (Å²) in [6.07, 6.45) is 2.43. The van der Waals surface area contributed by atoms with Crippen molar-refractivity contribution in [3.8, 4) is 11.4 Å². The van der Waals surface area contributed by atoms with Gasteiger partial charge in [0.15, 0.2) is 5.82 Å². The first kappa shape index (κ1) is 17.4. The van der Waals surface area contributed by atoms with Gasteiger partial charge in [-0.15, -0.1) is 10.2 Å². The average Bonchev–Trinajstić information content (AvgIpc) is 3.05. The third-order valence-corrected chi connectivity index (χ3v) is 4.82. The molecule has 0 radical (unpaired) electrons. The number of amides is 1. The highest BCUT2D eigenvalue weighted by Gasteiger charge is 2.25. The maximum atomic E-state index is 12.3. The maximum absolute atomic E-state index is 12.3. The first-order chi connectivity index (χ1) is 10.7. The second-order valence-electron chi connectivity index (χ2n) is 6.05. The minimum atomic E-state index is -0.328. The van der Waals surface area contributed by atoms with E-state index in [4.69, 9.17) is 10.3 Å². The summed E-state index contributed by atoms with van der Waals surface area (Å²) in [4.78, 5) is 12.3. The van der Waals surface area contributed by atoms with Crippen LogP contribution in [0.15, 0.2) is 21.9 Å². The van der Waals surface area contributed by atoms with E-state index in [1.54, 1.807) is 12.3 Å². The van der Waals surface area contributed by atoms with Crippen LogP contribution in [-0.4, -0.2) is 31.6 Å². The maximum Gasteiger partial charge on any atom is 0.233 e. The highest BCUT2D eigenvalue weighted by atomic mass is 32.2. The molecule has 2 aromatic heterocycles. The van der Waals surface area contributed by atoms with Gasteiger partial charge in [0.2, 0.25) is 11.1 Å². The Balaban J connectivity index is 2.11. The van der Waals surface area contributed by atoms with Crippen LogP contribution >= 0.6 is 11.8 Å². The summed E-state index contributed by atoms with van der Waals surface area (Å²) in [6.45, 7) is 9.68. The van der Waals surface area contributed by atoms with E-state index in [0.29, 0.717) is 11.0 Å². The number of carbonyl (C=O) groups is 1. The molecule has 8 heteroatoms. The largest absolute Gasteiger partial charge is 0.469 e. The van der Waals surface area contributed by atoms with Gasteiger partial charge in [0.1, 0.15) is 5.76 Å². The first-order valence-corrected chi connectivity index (χ1v) is 8.36. The summed E-state index contributed by atoms with van der Waals surface area (Å²) in [7, 11) is 0. The number of nitrogens with two attached hydrogens (primary N) is 1. The molecule has 3 N–H and O–H groups in total. The summed E-state index contributed by atoms with van der Waals surface area (Å²) in [6, 6.07) is 1.79. The van der Waals surface area contributed by atoms with Crippen LogP contribution < -0.4 is 11.2 Å². The van der Waals surface area contributed by atoms with Gasteiger partial charge < -0.3 is 15.6 Å². The Morgan fingerprint density at radius 3 is 2.78 bits per heavy atom. The molecule has 0 aliphatic rings. The number of aryl methyl sites for hydroxylation is 1. The fourth-order valence-corrected chi connectivity index (χ4v) is 2.66. The predicted octanol–water partition coefficient (Wildman–Crippen LogP) is 2.35. The van der Waals surface area contributed by atoms with E-state index in [-0.39, 0.29) is 16.7 Å². The predicted molar refractivity (Wildman–Crippen MR) is 90.4 cm³/mol. The zero-order valence-electron chi connectivity index (χ0n) is 14.1. The van der Waals surface area contributed by atoms with E-state index in [2.05, 4.69) is 15.5 Å². The molecular weight excluding hydrogens is 314 g/mol. The number of hydrogen-bond acceptors (Lipinski definition) is 6. The number of nitrogens with zero attached hydrogens (tertiary/aromatic N) is 3. The van der Waals surface area contributed by atoms with Crippen molar-refractivity contribution in [3.63, 3.8) is 0 Å². The zero-order chi connectivity index (χ0) is 17.2. The Hall–Kier alpha value is -1.96. The second-order valence-corrected chi connectivity index (χ2v) is 7.36. The van der Waals surface area contributed by atoms with Gasteiger partial charge in [-0.25, -0.2) is 4.68 Å². The molecule has 2 aromatic rings. The molecule has 0 aliphatic carbocycles. The van der Waals surface area contributed by atoms with E-state index in [1.807, 2.05) is 34.6 Å². The van der Waals surface area contributed by atoms with Crippen LogP contribution in [-0.2, 0) is 4.79 Å². The molecule has 0 bridgehead atoms. The third-order valence-electron chi connectivity index (χ3n) is 3.76. The summed E-state index contributed by atoms with van der Waals surface area (Å²) in [5.41, 5.74) is 0.553. The molecule has 1 amide bonds. The van der Waals surface area contributed by atoms with E-state index in [9.17, 15) is 4.79 Å². The lowest BCUT2D eigenvalue weighted by atomic mass is 10.0. The van der Waals surface area contributed by atoms with Gasteiger partial charge in [-0.3, -0.25) is 4.79 Å². The van der Waals surface area contributed by atoms with Crippen molar-refractivity contribution in [2.75, 3.05) is 5.84 Å². The van der Waals surface area contributed by atoms with Gasteiger partial charge in [0.25, 0.3) is 0 Å². The highest BCUT2D eigenvalue weighted by molar-refractivity contribution is 8.00. The number of carbonyl (C=O) groups excluding carboxylic acids is 1. The monoisotopic (exact) mass is 337 g/mol. The summed E-state index contributed by atoms with van der Waals surface area (Å²) in [5.74, 6) is 7.25. The van der Waals surface area contributed by atoms with Crippen LogP contribution in [0.2, 0.25) is 0 Å². The van der Waals surface area contributed by atoms with Crippen LogP contribution in [0.25, 0.3) is 11.4 Å². The molecule has 0 fully saturated rings. The minimum Gasteiger partial charge on any atom is -0.469 e. The molecule has 1 unspecified atom stereocenters. The van der Waals surface area contributed by atoms with Crippen LogP contribution in [0, 0.1) is 6.92 Å². The minimum absolute atomic E-state index is 0.0501. The number of aromatic nitrogens is 3. The van der Waals surface area contributed by atoms with E-state index < -0.39 is 0 Å². The Bertz CT molecular complexity index is 692. The third kappa shape index (κ3) is 3.87. The lowest BCUT2D eigenvalue weighted by Gasteiger charge is -2.26. The topological polar surface area (TPSA) is 99.0 Å². The zero-order valence-corrected chi connectivity index (χ0v) is 14.9. The van der Waals surface area contributed by atoms with Crippen molar-refractivity contribution in [3.05, 3.63) is 18.1 Å². The molecule has 0 aromatic carbocycles. The summed E-state index contributed by atoms with van der Waals surface area (Å²) >= 11 is 1.28. The van der Waals surface area contributed by atoms with Crippen molar-refractivity contribution in [2.45, 2.75) is 57.0 Å². The normalized spacial score (nSPS) is 13.1. The fraction of sp³-hybridized carbons (Fsp3) is 0.533. The molecule has 2 rings (SSSR count). The molecule has 2 heterocycles. The molecule has 0 spiro atoms. The van der Waals surface area contributed by atoms with Gasteiger partial charge >= 0.3 is 0 Å². The van der Waals surface area contributed by atoms with E-state index in [0.717, 1.165) is 17.7 Å². The quantitative estimate of drug-likeness (QED) is 0.620. The molecule has 0 aliphatic heterocycles. The van der Waals surface area contributed by atoms with Crippen LogP contribution in [0.1, 0.15) is 39.9 Å². The first-order valence-electron chi connectivity index (χ1n) is 7.49. The Morgan fingerprint density at radius 1 is 1.52 bits per heavy atom. The Labute approximate surface area is 140 Å². The Morgan fingerprint density at radius 2 is 2.22 bits per heavy atom. The van der Waals surface area contributed by atoms with Crippen molar-refractivity contribution in [1.29, 1.82) is 0 Å². The van der Waals surface area contributed by atoms with Gasteiger partial charge in [-0.2, -0.15) is 0 Å². The molecule has 0 saturated carbocycles. The van der Waals surface area contributed by atoms with Crippen LogP contribution in [0.4, 0.5) is 0 Å². The standard InChI is InChI=1S/C15H23N5O2S/c1-6-15(4,5)17-13(21)10(3)23-14-19-18-12(20(14)16)11-7-8-22-9(11)2/h7-8,10H,6,16H2,1-5H3,(H,17,21). The highest BCUT2D eigenvalue weighted by Crippen LogP contribution is 2.27. The number of furan rings is 1. The fourth-order valence-electron chi connectivity index (χ4n) is 1.89.